The van der Waals surface area contributed by atoms with Crippen LogP contribution < -0.4 is 14.5 Å². The normalized spacial score (nSPS) is 12.3. The summed E-state index contributed by atoms with van der Waals surface area (Å²) < 4.78 is 6.73. The van der Waals surface area contributed by atoms with Crippen molar-refractivity contribution in [1.29, 1.82) is 0 Å². The maximum absolute atomic E-state index is 11.5. The number of hydrogen-bond donors (Lipinski definition) is 2. The van der Waals surface area contributed by atoms with Crippen molar-refractivity contribution in [3.8, 4) is 5.75 Å². The first kappa shape index (κ1) is 21.8. The van der Waals surface area contributed by atoms with Crippen LogP contribution in [-0.2, 0) is 12.8 Å². The second kappa shape index (κ2) is 9.80. The molecule has 9 nitrogen and oxygen atoms in total. The van der Waals surface area contributed by atoms with E-state index in [1.54, 1.807) is 24.3 Å². The molecule has 0 atom stereocenters. The van der Waals surface area contributed by atoms with E-state index in [-0.39, 0.29) is 24.1 Å². The number of benzene rings is 2. The summed E-state index contributed by atoms with van der Waals surface area (Å²) in [6, 6.07) is 12.8. The first-order valence-corrected chi connectivity index (χ1v) is 10.6. The summed E-state index contributed by atoms with van der Waals surface area (Å²) in [5.41, 5.74) is 3.60. The number of aliphatic hydroxyl groups is 1. The number of fused-ring (bicyclic) bond motifs is 1. The van der Waals surface area contributed by atoms with Gasteiger partial charge in [0.15, 0.2) is 0 Å². The summed E-state index contributed by atoms with van der Waals surface area (Å²) >= 11 is 6.43. The van der Waals surface area contributed by atoms with Crippen molar-refractivity contribution in [3.05, 3.63) is 69.9 Å². The monoisotopic (exact) mass is 455 g/mol. The molecule has 0 unspecified atom stereocenters. The van der Waals surface area contributed by atoms with E-state index in [4.69, 9.17) is 21.6 Å². The molecule has 1 aliphatic rings. The van der Waals surface area contributed by atoms with Gasteiger partial charge in [-0.1, -0.05) is 6.07 Å². The van der Waals surface area contributed by atoms with Gasteiger partial charge in [-0.3, -0.25) is 10.1 Å². The zero-order chi connectivity index (χ0) is 22.5. The summed E-state index contributed by atoms with van der Waals surface area (Å²) in [5, 5.41) is 23.4. The lowest BCUT2D eigenvalue weighted by molar-refractivity contribution is -0.384. The molecule has 0 bridgehead atoms. The lowest BCUT2D eigenvalue weighted by Crippen LogP contribution is -2.09. The van der Waals surface area contributed by atoms with Gasteiger partial charge < -0.3 is 15.2 Å². The summed E-state index contributed by atoms with van der Waals surface area (Å²) in [4.78, 5) is 19.3. The van der Waals surface area contributed by atoms with Gasteiger partial charge in [-0.2, -0.15) is 4.98 Å². The number of nitrogens with one attached hydrogen (secondary N) is 1. The second-order valence-electron chi connectivity index (χ2n) is 7.32. The molecule has 1 aliphatic carbocycles. The maximum Gasteiger partial charge on any atom is 0.329 e. The Morgan fingerprint density at radius 3 is 2.72 bits per heavy atom. The first-order valence-electron chi connectivity index (χ1n) is 10.2. The standard InChI is InChI=1S/C22H22ClN5O4/c23-27(18-7-9-19(10-8-18)32-12-2-11-29)22-24-14-20(28(30)31)21(26-22)25-17-6-5-15-3-1-4-16(15)13-17/h5-10,13-14,29H,1-4,11-12H2,(H,24,25,26). The molecule has 3 aromatic rings. The second-order valence-corrected chi connectivity index (χ2v) is 7.66. The maximum atomic E-state index is 11.5. The van der Waals surface area contributed by atoms with Crippen LogP contribution in [0.3, 0.4) is 0 Å². The number of hydrogen-bond acceptors (Lipinski definition) is 8. The molecule has 4 rings (SSSR count). The number of rotatable bonds is 9. The van der Waals surface area contributed by atoms with E-state index in [2.05, 4.69) is 15.3 Å². The fraction of sp³-hybridized carbons (Fsp3) is 0.273. The van der Waals surface area contributed by atoms with Crippen molar-refractivity contribution in [3.63, 3.8) is 0 Å². The highest BCUT2D eigenvalue weighted by molar-refractivity contribution is 6.28. The molecule has 0 spiro atoms. The number of aliphatic hydroxyl groups excluding tert-OH is 1. The zero-order valence-electron chi connectivity index (χ0n) is 17.2. The number of halogens is 1. The van der Waals surface area contributed by atoms with Crippen molar-refractivity contribution in [2.24, 2.45) is 0 Å². The number of aryl methyl sites for hydroxylation is 2. The Morgan fingerprint density at radius 2 is 1.97 bits per heavy atom. The van der Waals surface area contributed by atoms with Crippen LogP contribution in [0.2, 0.25) is 0 Å². The van der Waals surface area contributed by atoms with Crippen LogP contribution in [0, 0.1) is 10.1 Å². The molecule has 1 aromatic heterocycles. The predicted octanol–water partition coefficient (Wildman–Crippen LogP) is 4.67. The fourth-order valence-electron chi connectivity index (χ4n) is 3.52. The molecule has 166 valence electrons. The summed E-state index contributed by atoms with van der Waals surface area (Å²) in [5.74, 6) is 0.790. The van der Waals surface area contributed by atoms with Crippen LogP contribution in [-0.4, -0.2) is 33.2 Å². The molecule has 2 aromatic carbocycles. The SMILES string of the molecule is O=[N+]([O-])c1cnc(N(Cl)c2ccc(OCCCO)cc2)nc1Nc1ccc2c(c1)CCC2. The van der Waals surface area contributed by atoms with Crippen molar-refractivity contribution in [2.45, 2.75) is 25.7 Å². The average Bonchev–Trinajstić information content (AvgIpc) is 3.27. The number of anilines is 4. The molecule has 0 saturated heterocycles. The molecule has 32 heavy (non-hydrogen) atoms. The van der Waals surface area contributed by atoms with Gasteiger partial charge in [0.05, 0.1) is 17.2 Å². The summed E-state index contributed by atoms with van der Waals surface area (Å²) in [6.07, 6.45) is 4.85. The highest BCUT2D eigenvalue weighted by atomic mass is 35.5. The quantitative estimate of drug-likeness (QED) is 0.207. The third kappa shape index (κ3) is 4.90. The molecule has 2 N–H and O–H groups in total. The molecule has 0 saturated carbocycles. The Labute approximate surface area is 189 Å². The van der Waals surface area contributed by atoms with Gasteiger partial charge in [-0.05, 0) is 66.8 Å². The van der Waals surface area contributed by atoms with Crippen molar-refractivity contribution >= 4 is 40.6 Å². The summed E-state index contributed by atoms with van der Waals surface area (Å²) in [6.45, 7) is 0.469. The van der Waals surface area contributed by atoms with Gasteiger partial charge in [-0.25, -0.2) is 9.40 Å². The Kier molecular flexibility index (Phi) is 6.67. The van der Waals surface area contributed by atoms with E-state index in [0.717, 1.165) is 31.1 Å². The Balaban J connectivity index is 1.56. The van der Waals surface area contributed by atoms with E-state index in [9.17, 15) is 10.1 Å². The van der Waals surface area contributed by atoms with Gasteiger partial charge in [-0.15, -0.1) is 0 Å². The van der Waals surface area contributed by atoms with E-state index in [0.29, 0.717) is 24.5 Å². The fourth-order valence-corrected chi connectivity index (χ4v) is 3.71. The first-order chi connectivity index (χ1) is 15.5. The van der Waals surface area contributed by atoms with Crippen LogP contribution in [0.25, 0.3) is 0 Å². The minimum atomic E-state index is -0.531. The zero-order valence-corrected chi connectivity index (χ0v) is 18.0. The number of aromatic nitrogens is 2. The van der Waals surface area contributed by atoms with Crippen molar-refractivity contribution < 1.29 is 14.8 Å². The van der Waals surface area contributed by atoms with Crippen molar-refractivity contribution in [2.75, 3.05) is 22.9 Å². The van der Waals surface area contributed by atoms with Gasteiger partial charge in [0.1, 0.15) is 11.9 Å². The smallest absolute Gasteiger partial charge is 0.329 e. The van der Waals surface area contributed by atoms with E-state index in [1.807, 2.05) is 18.2 Å². The minimum absolute atomic E-state index is 0.0624. The third-order valence-corrected chi connectivity index (χ3v) is 5.47. The van der Waals surface area contributed by atoms with Crippen LogP contribution in [0.1, 0.15) is 24.0 Å². The van der Waals surface area contributed by atoms with Gasteiger partial charge >= 0.3 is 5.69 Å². The number of ether oxygens (including phenoxy) is 1. The predicted molar refractivity (Wildman–Crippen MR) is 122 cm³/mol. The molecular formula is C22H22ClN5O4. The molecule has 0 radical (unpaired) electrons. The Hall–Kier alpha value is -3.43. The molecule has 10 heteroatoms. The molecule has 1 heterocycles. The molecule has 0 fully saturated rings. The van der Waals surface area contributed by atoms with Crippen molar-refractivity contribution in [1.82, 2.24) is 9.97 Å². The van der Waals surface area contributed by atoms with Gasteiger partial charge in [0.2, 0.25) is 11.8 Å². The molecular weight excluding hydrogens is 434 g/mol. The lowest BCUT2D eigenvalue weighted by Gasteiger charge is -2.16. The lowest BCUT2D eigenvalue weighted by atomic mass is 10.1. The number of nitro groups is 1. The van der Waals surface area contributed by atoms with Gasteiger partial charge in [0.25, 0.3) is 0 Å². The average molecular weight is 456 g/mol. The Bertz CT molecular complexity index is 1110. The molecule has 0 aliphatic heterocycles. The van der Waals surface area contributed by atoms with Crippen LogP contribution in [0.15, 0.2) is 48.7 Å². The highest BCUT2D eigenvalue weighted by Gasteiger charge is 2.21. The third-order valence-electron chi connectivity index (χ3n) is 5.12. The van der Waals surface area contributed by atoms with Crippen LogP contribution in [0.4, 0.5) is 28.8 Å². The van der Waals surface area contributed by atoms with Gasteiger partial charge in [0, 0.05) is 30.5 Å². The van der Waals surface area contributed by atoms with Crippen LogP contribution >= 0.6 is 11.8 Å². The number of nitrogens with zero attached hydrogens (tertiary/aromatic N) is 4. The van der Waals surface area contributed by atoms with E-state index in [1.165, 1.54) is 15.5 Å². The highest BCUT2D eigenvalue weighted by Crippen LogP contribution is 2.33. The summed E-state index contributed by atoms with van der Waals surface area (Å²) in [7, 11) is 0. The van der Waals surface area contributed by atoms with Crippen LogP contribution in [0.5, 0.6) is 5.75 Å². The van der Waals surface area contributed by atoms with E-state index < -0.39 is 4.92 Å². The topological polar surface area (TPSA) is 114 Å². The Morgan fingerprint density at radius 1 is 1.19 bits per heavy atom. The molecule has 0 amide bonds. The van der Waals surface area contributed by atoms with E-state index >= 15 is 0 Å². The largest absolute Gasteiger partial charge is 0.494 e. The minimum Gasteiger partial charge on any atom is -0.494 e.